The minimum Gasteiger partial charge on any atom is -0.464 e. The van der Waals surface area contributed by atoms with Crippen LogP contribution in [-0.4, -0.2) is 30.9 Å². The Balaban J connectivity index is 2.61. The normalized spacial score (nSPS) is 11.3. The van der Waals surface area contributed by atoms with Gasteiger partial charge >= 0.3 is 18.2 Å². The molecule has 1 aromatic carbocycles. The van der Waals surface area contributed by atoms with Gasteiger partial charge in [-0.3, -0.25) is 10.6 Å². The molecule has 136 valence electrons. The molecule has 2 amide bonds. The Kier molecular flexibility index (Phi) is 7.45. The smallest absolute Gasteiger partial charge is 0.412 e. The lowest BCUT2D eigenvalue weighted by atomic mass is 10.2. The summed E-state index contributed by atoms with van der Waals surface area (Å²) in [5.74, 6) is -0.853. The van der Waals surface area contributed by atoms with E-state index in [1.807, 2.05) is 18.2 Å². The van der Waals surface area contributed by atoms with Gasteiger partial charge in [-0.25, -0.2) is 14.4 Å². The zero-order chi connectivity index (χ0) is 18.9. The lowest BCUT2D eigenvalue weighted by Crippen LogP contribution is -2.35. The highest BCUT2D eigenvalue weighted by Crippen LogP contribution is 2.07. The average molecular weight is 350 g/mol. The maximum atomic E-state index is 11.7. The number of rotatable bonds is 5. The molecule has 0 spiro atoms. The molecule has 1 rings (SSSR count). The molecule has 8 nitrogen and oxygen atoms in total. The van der Waals surface area contributed by atoms with Gasteiger partial charge in [-0.2, -0.15) is 0 Å². The van der Waals surface area contributed by atoms with Gasteiger partial charge in [0.25, 0.3) is 0 Å². The number of ether oxygens (including phenoxy) is 3. The van der Waals surface area contributed by atoms with Crippen LogP contribution in [0.2, 0.25) is 0 Å². The summed E-state index contributed by atoms with van der Waals surface area (Å²) in [6.07, 6.45) is -0.678. The largest absolute Gasteiger partial charge is 0.464 e. The van der Waals surface area contributed by atoms with Crippen molar-refractivity contribution >= 4 is 18.2 Å². The molecule has 1 aromatic rings. The molecule has 0 saturated heterocycles. The molecule has 0 bridgehead atoms. The molecule has 0 aliphatic carbocycles. The number of esters is 1. The van der Waals surface area contributed by atoms with Crippen molar-refractivity contribution < 1.29 is 28.6 Å². The molecule has 0 heterocycles. The van der Waals surface area contributed by atoms with Crippen molar-refractivity contribution in [3.8, 4) is 0 Å². The molecule has 8 heteroatoms. The van der Waals surface area contributed by atoms with Gasteiger partial charge in [-0.15, -0.1) is 0 Å². The number of hydrogen-bond donors (Lipinski definition) is 2. The molecule has 25 heavy (non-hydrogen) atoms. The third kappa shape index (κ3) is 8.40. The van der Waals surface area contributed by atoms with Gasteiger partial charge in [-0.1, -0.05) is 30.3 Å². The maximum Gasteiger partial charge on any atom is 0.412 e. The van der Waals surface area contributed by atoms with Crippen LogP contribution in [-0.2, 0) is 25.6 Å². The summed E-state index contributed by atoms with van der Waals surface area (Å²) in [7, 11) is 1.14. The van der Waals surface area contributed by atoms with Crippen molar-refractivity contribution in [2.75, 3.05) is 7.11 Å². The number of methoxy groups -OCH3 is 1. The Morgan fingerprint density at radius 2 is 1.72 bits per heavy atom. The third-order valence-corrected chi connectivity index (χ3v) is 2.59. The van der Waals surface area contributed by atoms with Gasteiger partial charge in [-0.05, 0) is 26.3 Å². The van der Waals surface area contributed by atoms with Crippen molar-refractivity contribution in [2.24, 2.45) is 0 Å². The van der Waals surface area contributed by atoms with Gasteiger partial charge in [0.1, 0.15) is 17.9 Å². The molecule has 0 radical (unpaired) electrons. The van der Waals surface area contributed by atoms with Crippen molar-refractivity contribution in [2.45, 2.75) is 33.0 Å². The van der Waals surface area contributed by atoms with Crippen LogP contribution >= 0.6 is 0 Å². The second-order valence-electron chi connectivity index (χ2n) is 5.88. The van der Waals surface area contributed by atoms with Crippen molar-refractivity contribution in [3.63, 3.8) is 0 Å². The summed E-state index contributed by atoms with van der Waals surface area (Å²) in [6.45, 7) is 5.08. The number of benzene rings is 1. The van der Waals surface area contributed by atoms with Gasteiger partial charge in [0, 0.05) is 6.20 Å². The lowest BCUT2D eigenvalue weighted by molar-refractivity contribution is -0.136. The van der Waals surface area contributed by atoms with Crippen LogP contribution in [0.4, 0.5) is 9.59 Å². The fourth-order valence-electron chi connectivity index (χ4n) is 1.57. The number of carbonyl (C=O) groups excluding carboxylic acids is 3. The van der Waals surface area contributed by atoms with E-state index < -0.39 is 23.8 Å². The summed E-state index contributed by atoms with van der Waals surface area (Å²) in [5, 5.41) is 4.45. The molecular weight excluding hydrogens is 328 g/mol. The molecule has 0 aliphatic heterocycles. The highest BCUT2D eigenvalue weighted by atomic mass is 16.6. The predicted molar refractivity (Wildman–Crippen MR) is 89.2 cm³/mol. The summed E-state index contributed by atoms with van der Waals surface area (Å²) in [5.41, 5.74) is -0.233. The van der Waals surface area contributed by atoms with E-state index in [1.54, 1.807) is 32.9 Å². The Labute approximate surface area is 146 Å². The van der Waals surface area contributed by atoms with Crippen molar-refractivity contribution in [1.82, 2.24) is 10.6 Å². The highest BCUT2D eigenvalue weighted by molar-refractivity contribution is 5.92. The van der Waals surface area contributed by atoms with Crippen LogP contribution in [0.5, 0.6) is 0 Å². The minimum absolute atomic E-state index is 0.0631. The molecule has 0 saturated carbocycles. The second kappa shape index (κ2) is 9.31. The number of amides is 2. The summed E-state index contributed by atoms with van der Waals surface area (Å²) >= 11 is 0. The van der Waals surface area contributed by atoms with E-state index >= 15 is 0 Å². The number of alkyl carbamates (subject to hydrolysis) is 2. The Hall–Kier alpha value is -3.03. The third-order valence-electron chi connectivity index (χ3n) is 2.59. The van der Waals surface area contributed by atoms with Crippen LogP contribution < -0.4 is 10.6 Å². The Morgan fingerprint density at radius 1 is 1.08 bits per heavy atom. The Bertz CT molecular complexity index is 634. The second-order valence-corrected chi connectivity index (χ2v) is 5.88. The summed E-state index contributed by atoms with van der Waals surface area (Å²) in [6, 6.07) is 9.07. The molecule has 0 fully saturated rings. The highest BCUT2D eigenvalue weighted by Gasteiger charge is 2.20. The van der Waals surface area contributed by atoms with E-state index in [4.69, 9.17) is 9.47 Å². The Morgan fingerprint density at radius 3 is 2.28 bits per heavy atom. The molecule has 2 N–H and O–H groups in total. The summed E-state index contributed by atoms with van der Waals surface area (Å²) in [4.78, 5) is 35.0. The lowest BCUT2D eigenvalue weighted by Gasteiger charge is -2.20. The fourth-order valence-corrected chi connectivity index (χ4v) is 1.57. The van der Waals surface area contributed by atoms with E-state index in [-0.39, 0.29) is 12.3 Å². The molecular formula is C17H22N2O6. The van der Waals surface area contributed by atoms with Gasteiger partial charge < -0.3 is 14.2 Å². The standard InChI is InChI=1S/C17H22N2O6/c1-17(2,3)25-16(22)19-13(14(20)23-4)10-18-15(21)24-11-12-8-6-5-7-9-12/h5-10H,11H2,1-4H3,(H,18,21)(H,19,22)/b13-10+. The molecule has 0 atom stereocenters. The van der Waals surface area contributed by atoms with Gasteiger partial charge in [0.2, 0.25) is 0 Å². The zero-order valence-electron chi connectivity index (χ0n) is 14.6. The number of carbonyl (C=O) groups is 3. The predicted octanol–water partition coefficient (Wildman–Crippen LogP) is 2.45. The molecule has 0 unspecified atom stereocenters. The van der Waals surface area contributed by atoms with E-state index in [0.29, 0.717) is 0 Å². The van der Waals surface area contributed by atoms with Crippen molar-refractivity contribution in [1.29, 1.82) is 0 Å². The maximum absolute atomic E-state index is 11.7. The molecule has 0 aliphatic rings. The summed E-state index contributed by atoms with van der Waals surface area (Å²) < 4.78 is 14.6. The van der Waals surface area contributed by atoms with Crippen LogP contribution in [0.1, 0.15) is 26.3 Å². The van der Waals surface area contributed by atoms with E-state index in [9.17, 15) is 14.4 Å². The molecule has 0 aromatic heterocycles. The van der Waals surface area contributed by atoms with Gasteiger partial charge in [0.05, 0.1) is 7.11 Å². The monoisotopic (exact) mass is 350 g/mol. The first-order valence-electron chi connectivity index (χ1n) is 7.47. The SMILES string of the molecule is COC(=O)/C(=C\NC(=O)OCc1ccccc1)NC(=O)OC(C)(C)C. The quantitative estimate of drug-likeness (QED) is 0.480. The fraction of sp³-hybridized carbons (Fsp3) is 0.353. The number of hydrogen-bond acceptors (Lipinski definition) is 6. The minimum atomic E-state index is -0.858. The topological polar surface area (TPSA) is 103 Å². The van der Waals surface area contributed by atoms with Crippen LogP contribution in [0.25, 0.3) is 0 Å². The first-order chi connectivity index (χ1) is 11.7. The zero-order valence-corrected chi connectivity index (χ0v) is 14.6. The van der Waals surface area contributed by atoms with Crippen molar-refractivity contribution in [3.05, 3.63) is 47.8 Å². The average Bonchev–Trinajstić information content (AvgIpc) is 2.55. The van der Waals surface area contributed by atoms with Gasteiger partial charge in [0.15, 0.2) is 0 Å². The number of nitrogens with one attached hydrogen (secondary N) is 2. The van der Waals surface area contributed by atoms with Crippen LogP contribution in [0.15, 0.2) is 42.2 Å². The van der Waals surface area contributed by atoms with E-state index in [1.165, 1.54) is 0 Å². The van der Waals surface area contributed by atoms with E-state index in [0.717, 1.165) is 18.9 Å². The van der Waals surface area contributed by atoms with E-state index in [2.05, 4.69) is 15.4 Å². The first kappa shape index (κ1) is 20.0. The van der Waals surface area contributed by atoms with Crippen LogP contribution in [0, 0.1) is 0 Å². The first-order valence-corrected chi connectivity index (χ1v) is 7.47. The van der Waals surface area contributed by atoms with Crippen LogP contribution in [0.3, 0.4) is 0 Å².